The third-order valence-electron chi connectivity index (χ3n) is 4.85. The van der Waals surface area contributed by atoms with Crippen LogP contribution in [0.15, 0.2) is 60.7 Å². The van der Waals surface area contributed by atoms with Crippen molar-refractivity contribution < 1.29 is 23.8 Å². The number of amides is 3. The topological polar surface area (TPSA) is 111 Å². The smallest absolute Gasteiger partial charge is 0.323 e. The molecule has 9 nitrogen and oxygen atoms in total. The zero-order chi connectivity index (χ0) is 24.1. The Kier molecular flexibility index (Phi) is 6.79. The average Bonchev–Trinajstić information content (AvgIpc) is 3.26. The molecule has 174 valence electrons. The van der Waals surface area contributed by atoms with Crippen molar-refractivity contribution in [1.82, 2.24) is 4.98 Å². The molecule has 3 aromatic carbocycles. The molecule has 3 N–H and O–H groups in total. The molecule has 0 spiro atoms. The fraction of sp³-hybridized carbons (Fsp3) is 0.125. The number of benzene rings is 3. The van der Waals surface area contributed by atoms with Gasteiger partial charge in [0.15, 0.2) is 5.13 Å². The molecule has 0 atom stereocenters. The minimum atomic E-state index is -0.477. The third kappa shape index (κ3) is 5.02. The second-order valence-electron chi connectivity index (χ2n) is 7.01. The Morgan fingerprint density at radius 1 is 0.824 bits per heavy atom. The fourth-order valence-electron chi connectivity index (χ4n) is 3.24. The highest BCUT2D eigenvalue weighted by atomic mass is 32.1. The first-order valence-electron chi connectivity index (χ1n) is 10.2. The van der Waals surface area contributed by atoms with Crippen molar-refractivity contribution in [3.05, 3.63) is 66.2 Å². The van der Waals surface area contributed by atoms with E-state index in [2.05, 4.69) is 20.9 Å². The number of carbonyl (C=O) groups is 2. The highest BCUT2D eigenvalue weighted by Gasteiger charge is 2.16. The highest BCUT2D eigenvalue weighted by molar-refractivity contribution is 7.22. The number of urea groups is 1. The van der Waals surface area contributed by atoms with E-state index in [0.717, 1.165) is 4.70 Å². The number of hydrogen-bond donors (Lipinski definition) is 3. The molecule has 0 saturated heterocycles. The van der Waals surface area contributed by atoms with Crippen LogP contribution in [0.4, 0.5) is 21.3 Å². The van der Waals surface area contributed by atoms with Crippen LogP contribution in [0.25, 0.3) is 10.2 Å². The zero-order valence-electron chi connectivity index (χ0n) is 18.7. The van der Waals surface area contributed by atoms with Gasteiger partial charge in [-0.3, -0.25) is 10.1 Å². The van der Waals surface area contributed by atoms with Crippen LogP contribution >= 0.6 is 11.3 Å². The number of anilines is 3. The van der Waals surface area contributed by atoms with Gasteiger partial charge >= 0.3 is 6.03 Å². The van der Waals surface area contributed by atoms with Crippen molar-refractivity contribution in [3.8, 4) is 17.2 Å². The zero-order valence-corrected chi connectivity index (χ0v) is 19.5. The van der Waals surface area contributed by atoms with Gasteiger partial charge in [0.25, 0.3) is 5.91 Å². The van der Waals surface area contributed by atoms with E-state index in [-0.39, 0.29) is 5.91 Å². The summed E-state index contributed by atoms with van der Waals surface area (Å²) in [7, 11) is 4.57. The van der Waals surface area contributed by atoms with Crippen LogP contribution in [0.1, 0.15) is 10.4 Å². The van der Waals surface area contributed by atoms with E-state index in [4.69, 9.17) is 14.2 Å². The second kappa shape index (κ2) is 10.1. The lowest BCUT2D eigenvalue weighted by molar-refractivity contribution is 0.102. The molecule has 4 aromatic rings. The van der Waals surface area contributed by atoms with Gasteiger partial charge in [-0.25, -0.2) is 9.78 Å². The summed E-state index contributed by atoms with van der Waals surface area (Å²) in [4.78, 5) is 29.6. The van der Waals surface area contributed by atoms with Gasteiger partial charge in [-0.2, -0.15) is 0 Å². The summed E-state index contributed by atoms with van der Waals surface area (Å²) in [6, 6.07) is 16.9. The van der Waals surface area contributed by atoms with Gasteiger partial charge in [0, 0.05) is 23.4 Å². The van der Waals surface area contributed by atoms with E-state index >= 15 is 0 Å². The third-order valence-corrected chi connectivity index (χ3v) is 5.77. The molecule has 4 rings (SSSR count). The van der Waals surface area contributed by atoms with Crippen LogP contribution < -0.4 is 30.2 Å². The molecular formula is C24H22N4O5S. The normalized spacial score (nSPS) is 10.4. The summed E-state index contributed by atoms with van der Waals surface area (Å²) in [5, 5.41) is 8.77. The highest BCUT2D eigenvalue weighted by Crippen LogP contribution is 2.36. The van der Waals surface area contributed by atoms with Gasteiger partial charge in [0.2, 0.25) is 0 Å². The van der Waals surface area contributed by atoms with Crippen LogP contribution in [-0.4, -0.2) is 38.3 Å². The Labute approximate surface area is 199 Å². The Morgan fingerprint density at radius 3 is 2.29 bits per heavy atom. The maximum absolute atomic E-state index is 12.7. The van der Waals surface area contributed by atoms with Crippen LogP contribution in [-0.2, 0) is 0 Å². The predicted molar refractivity (Wildman–Crippen MR) is 133 cm³/mol. The van der Waals surface area contributed by atoms with E-state index in [9.17, 15) is 9.59 Å². The quantitative estimate of drug-likeness (QED) is 0.336. The monoisotopic (exact) mass is 478 g/mol. The molecule has 1 aromatic heterocycles. The van der Waals surface area contributed by atoms with Crippen molar-refractivity contribution >= 4 is 50.0 Å². The van der Waals surface area contributed by atoms with Gasteiger partial charge in [-0.05, 0) is 30.3 Å². The summed E-state index contributed by atoms with van der Waals surface area (Å²) in [6.07, 6.45) is 0. The van der Waals surface area contributed by atoms with Gasteiger partial charge < -0.3 is 24.8 Å². The van der Waals surface area contributed by atoms with E-state index in [1.807, 2.05) is 6.07 Å². The lowest BCUT2D eigenvalue weighted by Gasteiger charge is -2.13. The molecule has 3 amide bonds. The molecular weight excluding hydrogens is 456 g/mol. The standard InChI is InChI=1S/C24H22N4O5S/c1-31-16-9-10-18(32-2)17(13-16)26-23(30)25-15-11-19(33-3)21-20(12-15)34-24(27-21)28-22(29)14-7-5-4-6-8-14/h4-13H,1-3H3,(H2,25,26,30)(H,27,28,29). The van der Waals surface area contributed by atoms with Gasteiger partial charge in [0.1, 0.15) is 22.8 Å². The van der Waals surface area contributed by atoms with Crippen LogP contribution in [0, 0.1) is 0 Å². The van der Waals surface area contributed by atoms with Crippen LogP contribution in [0.5, 0.6) is 17.2 Å². The Bertz CT molecular complexity index is 1340. The maximum Gasteiger partial charge on any atom is 0.323 e. The van der Waals surface area contributed by atoms with E-state index in [1.165, 1.54) is 25.6 Å². The van der Waals surface area contributed by atoms with Gasteiger partial charge in [0.05, 0.1) is 31.7 Å². The average molecular weight is 479 g/mol. The number of thiazole rings is 1. The lowest BCUT2D eigenvalue weighted by Crippen LogP contribution is -2.19. The number of methoxy groups -OCH3 is 3. The molecule has 0 aliphatic rings. The molecule has 0 aliphatic carbocycles. The van der Waals surface area contributed by atoms with E-state index in [0.29, 0.717) is 44.8 Å². The summed E-state index contributed by atoms with van der Waals surface area (Å²) < 4.78 is 16.7. The number of nitrogens with one attached hydrogen (secondary N) is 3. The van der Waals surface area contributed by atoms with Crippen molar-refractivity contribution in [2.24, 2.45) is 0 Å². The fourth-order valence-corrected chi connectivity index (χ4v) is 4.15. The second-order valence-corrected chi connectivity index (χ2v) is 8.04. The van der Waals surface area contributed by atoms with E-state index in [1.54, 1.807) is 61.7 Å². The Hall–Kier alpha value is -4.31. The minimum Gasteiger partial charge on any atom is -0.497 e. The van der Waals surface area contributed by atoms with E-state index < -0.39 is 6.03 Å². The summed E-state index contributed by atoms with van der Waals surface area (Å²) in [5.74, 6) is 1.27. The Balaban J connectivity index is 1.54. The molecule has 0 bridgehead atoms. The molecule has 1 heterocycles. The molecule has 0 saturated carbocycles. The lowest BCUT2D eigenvalue weighted by atomic mass is 10.2. The molecule has 0 unspecified atom stereocenters. The van der Waals surface area contributed by atoms with Crippen molar-refractivity contribution in [3.63, 3.8) is 0 Å². The van der Waals surface area contributed by atoms with Gasteiger partial charge in [-0.1, -0.05) is 29.5 Å². The number of hydrogen-bond acceptors (Lipinski definition) is 7. The Morgan fingerprint density at radius 2 is 1.59 bits per heavy atom. The first-order valence-corrected chi connectivity index (χ1v) is 11.0. The number of rotatable bonds is 7. The van der Waals surface area contributed by atoms with Crippen molar-refractivity contribution in [2.75, 3.05) is 37.3 Å². The predicted octanol–water partition coefficient (Wildman–Crippen LogP) is 5.22. The maximum atomic E-state index is 12.7. The number of nitrogens with zero attached hydrogens (tertiary/aromatic N) is 1. The van der Waals surface area contributed by atoms with Gasteiger partial charge in [-0.15, -0.1) is 0 Å². The minimum absolute atomic E-state index is 0.261. The molecule has 34 heavy (non-hydrogen) atoms. The van der Waals surface area contributed by atoms with Crippen molar-refractivity contribution in [1.29, 1.82) is 0 Å². The number of carbonyl (C=O) groups excluding carboxylic acids is 2. The summed E-state index contributed by atoms with van der Waals surface area (Å²) in [5.41, 5.74) is 2.06. The largest absolute Gasteiger partial charge is 0.497 e. The molecule has 0 radical (unpaired) electrons. The first-order chi connectivity index (χ1) is 16.5. The molecule has 0 aliphatic heterocycles. The van der Waals surface area contributed by atoms with Crippen molar-refractivity contribution in [2.45, 2.75) is 0 Å². The van der Waals surface area contributed by atoms with Crippen LogP contribution in [0.2, 0.25) is 0 Å². The molecule has 0 fully saturated rings. The number of aromatic nitrogens is 1. The SMILES string of the molecule is COc1ccc(OC)c(NC(=O)Nc2cc(OC)c3nc(NC(=O)c4ccccc4)sc3c2)c1. The summed E-state index contributed by atoms with van der Waals surface area (Å²) >= 11 is 1.27. The first kappa shape index (κ1) is 22.9. The summed E-state index contributed by atoms with van der Waals surface area (Å²) in [6.45, 7) is 0. The number of fused-ring (bicyclic) bond motifs is 1. The number of ether oxygens (including phenoxy) is 3. The molecule has 10 heteroatoms. The van der Waals surface area contributed by atoms with Crippen LogP contribution in [0.3, 0.4) is 0 Å².